The minimum absolute atomic E-state index is 0.0661. The summed E-state index contributed by atoms with van der Waals surface area (Å²) in [7, 11) is 0. The topological polar surface area (TPSA) is 60.7 Å². The zero-order valence-corrected chi connectivity index (χ0v) is 17.1. The SMILES string of the molecule is CCOC(=O)c1ccc2c(c1)sc(=NC(=O)c1ccccc1F)n2CCSC. The van der Waals surface area contributed by atoms with E-state index in [9.17, 15) is 14.0 Å². The summed E-state index contributed by atoms with van der Waals surface area (Å²) in [6, 6.07) is 11.0. The highest BCUT2D eigenvalue weighted by atomic mass is 32.2. The summed E-state index contributed by atoms with van der Waals surface area (Å²) in [6.45, 7) is 2.69. The van der Waals surface area contributed by atoms with Gasteiger partial charge in [0.15, 0.2) is 4.80 Å². The smallest absolute Gasteiger partial charge is 0.338 e. The molecule has 0 N–H and O–H groups in total. The Kier molecular flexibility index (Phi) is 6.64. The summed E-state index contributed by atoms with van der Waals surface area (Å²) in [4.78, 5) is 29.1. The van der Waals surface area contributed by atoms with Crippen molar-refractivity contribution in [1.82, 2.24) is 4.57 Å². The Morgan fingerprint density at radius 3 is 2.75 bits per heavy atom. The number of aryl methyl sites for hydroxylation is 1. The lowest BCUT2D eigenvalue weighted by Crippen LogP contribution is -2.18. The molecule has 0 radical (unpaired) electrons. The van der Waals surface area contributed by atoms with Crippen LogP contribution in [0.1, 0.15) is 27.6 Å². The van der Waals surface area contributed by atoms with E-state index in [1.807, 2.05) is 16.9 Å². The van der Waals surface area contributed by atoms with Crippen LogP contribution in [0.2, 0.25) is 0 Å². The Bertz CT molecular complexity index is 1090. The number of thiazole rings is 1. The van der Waals surface area contributed by atoms with Gasteiger partial charge in [-0.25, -0.2) is 9.18 Å². The van der Waals surface area contributed by atoms with Gasteiger partial charge in [0, 0.05) is 12.3 Å². The normalized spacial score (nSPS) is 11.8. The van der Waals surface area contributed by atoms with Gasteiger partial charge in [0.25, 0.3) is 5.91 Å². The molecule has 1 amide bonds. The highest BCUT2D eigenvalue weighted by Crippen LogP contribution is 2.21. The van der Waals surface area contributed by atoms with E-state index >= 15 is 0 Å². The zero-order valence-electron chi connectivity index (χ0n) is 15.5. The van der Waals surface area contributed by atoms with Crippen molar-refractivity contribution in [1.29, 1.82) is 0 Å². The van der Waals surface area contributed by atoms with Crippen molar-refractivity contribution < 1.29 is 18.7 Å². The molecule has 0 fully saturated rings. The van der Waals surface area contributed by atoms with Gasteiger partial charge in [-0.15, -0.1) is 0 Å². The van der Waals surface area contributed by atoms with Gasteiger partial charge < -0.3 is 9.30 Å². The van der Waals surface area contributed by atoms with Crippen molar-refractivity contribution in [2.75, 3.05) is 18.6 Å². The van der Waals surface area contributed by atoms with E-state index in [1.54, 1.807) is 36.9 Å². The first-order valence-corrected chi connectivity index (χ1v) is 10.9. The molecular formula is C20H19FN2O3S2. The van der Waals surface area contributed by atoms with E-state index in [1.165, 1.54) is 29.5 Å². The number of rotatable bonds is 6. The van der Waals surface area contributed by atoms with E-state index in [-0.39, 0.29) is 5.56 Å². The monoisotopic (exact) mass is 418 g/mol. The molecular weight excluding hydrogens is 399 g/mol. The quantitative estimate of drug-likeness (QED) is 0.565. The number of amides is 1. The average molecular weight is 419 g/mol. The third-order valence-corrected chi connectivity index (χ3v) is 5.65. The number of carbonyl (C=O) groups is 2. The number of nitrogens with zero attached hydrogens (tertiary/aromatic N) is 2. The number of benzene rings is 2. The first-order valence-electron chi connectivity index (χ1n) is 8.68. The lowest BCUT2D eigenvalue weighted by atomic mass is 10.2. The van der Waals surface area contributed by atoms with E-state index in [0.29, 0.717) is 23.5 Å². The van der Waals surface area contributed by atoms with Crippen LogP contribution in [0, 0.1) is 5.82 Å². The molecule has 0 aliphatic heterocycles. The lowest BCUT2D eigenvalue weighted by Gasteiger charge is -2.05. The molecule has 0 saturated carbocycles. The highest BCUT2D eigenvalue weighted by molar-refractivity contribution is 7.98. The fourth-order valence-corrected chi connectivity index (χ4v) is 4.14. The van der Waals surface area contributed by atoms with Gasteiger partial charge in [-0.05, 0) is 43.5 Å². The van der Waals surface area contributed by atoms with Crippen LogP contribution < -0.4 is 4.80 Å². The van der Waals surface area contributed by atoms with Crippen molar-refractivity contribution in [3.63, 3.8) is 0 Å². The standard InChI is InChI=1S/C20H19FN2O3S2/c1-3-26-19(25)13-8-9-16-17(12-13)28-20(23(16)10-11-27-2)22-18(24)14-6-4-5-7-15(14)21/h4-9,12H,3,10-11H2,1-2H3. The van der Waals surface area contributed by atoms with Crippen molar-refractivity contribution in [2.24, 2.45) is 4.99 Å². The second-order valence-electron chi connectivity index (χ2n) is 5.83. The van der Waals surface area contributed by atoms with Crippen molar-refractivity contribution in [2.45, 2.75) is 13.5 Å². The first-order chi connectivity index (χ1) is 13.5. The number of esters is 1. The molecule has 5 nitrogen and oxygen atoms in total. The predicted molar refractivity (Wildman–Crippen MR) is 110 cm³/mol. The fourth-order valence-electron chi connectivity index (χ4n) is 2.68. The minimum Gasteiger partial charge on any atom is -0.462 e. The van der Waals surface area contributed by atoms with Crippen LogP contribution in [0.5, 0.6) is 0 Å². The zero-order chi connectivity index (χ0) is 20.1. The number of ether oxygens (including phenoxy) is 1. The molecule has 0 aliphatic rings. The van der Waals surface area contributed by atoms with Crippen LogP contribution in [0.15, 0.2) is 47.5 Å². The summed E-state index contributed by atoms with van der Waals surface area (Å²) in [5.74, 6) is -0.799. The highest BCUT2D eigenvalue weighted by Gasteiger charge is 2.14. The van der Waals surface area contributed by atoms with Gasteiger partial charge in [-0.2, -0.15) is 16.8 Å². The van der Waals surface area contributed by atoms with Gasteiger partial charge in [-0.1, -0.05) is 23.5 Å². The third-order valence-electron chi connectivity index (χ3n) is 4.01. The first kappa shape index (κ1) is 20.3. The van der Waals surface area contributed by atoms with Crippen LogP contribution in [-0.4, -0.2) is 35.1 Å². The molecule has 0 spiro atoms. The predicted octanol–water partition coefficient (Wildman–Crippen LogP) is 4.12. The second-order valence-corrected chi connectivity index (χ2v) is 7.82. The Morgan fingerprint density at radius 1 is 1.25 bits per heavy atom. The average Bonchev–Trinajstić information content (AvgIpc) is 3.02. The molecule has 2 aromatic carbocycles. The number of halogens is 1. The van der Waals surface area contributed by atoms with Gasteiger partial charge in [0.05, 0.1) is 28.0 Å². The molecule has 0 bridgehead atoms. The van der Waals surface area contributed by atoms with Gasteiger partial charge in [0.1, 0.15) is 5.82 Å². The Hall–Kier alpha value is -2.45. The summed E-state index contributed by atoms with van der Waals surface area (Å²) < 4.78 is 21.7. The number of aromatic nitrogens is 1. The third kappa shape index (κ3) is 4.34. The summed E-state index contributed by atoms with van der Waals surface area (Å²) in [6.07, 6.45) is 2.00. The molecule has 1 heterocycles. The molecule has 28 heavy (non-hydrogen) atoms. The maximum absolute atomic E-state index is 13.9. The van der Waals surface area contributed by atoms with Crippen LogP contribution in [0.3, 0.4) is 0 Å². The molecule has 3 rings (SSSR count). The Balaban J connectivity index is 2.10. The molecule has 1 aromatic heterocycles. The molecule has 8 heteroatoms. The van der Waals surface area contributed by atoms with E-state index in [2.05, 4.69) is 4.99 Å². The second kappa shape index (κ2) is 9.16. The van der Waals surface area contributed by atoms with Crippen LogP contribution in [0.4, 0.5) is 4.39 Å². The molecule has 0 atom stereocenters. The van der Waals surface area contributed by atoms with Gasteiger partial charge in [0.2, 0.25) is 0 Å². The van der Waals surface area contributed by atoms with Crippen LogP contribution in [0.25, 0.3) is 10.2 Å². The molecule has 0 unspecified atom stereocenters. The summed E-state index contributed by atoms with van der Waals surface area (Å²) in [5.41, 5.74) is 1.25. The summed E-state index contributed by atoms with van der Waals surface area (Å²) >= 11 is 2.96. The fraction of sp³-hybridized carbons (Fsp3) is 0.250. The minimum atomic E-state index is -0.631. The number of thioether (sulfide) groups is 1. The van der Waals surface area contributed by atoms with Gasteiger partial charge >= 0.3 is 5.97 Å². The summed E-state index contributed by atoms with van der Waals surface area (Å²) in [5, 5.41) is 0. The maximum Gasteiger partial charge on any atom is 0.338 e. The van der Waals surface area contributed by atoms with Gasteiger partial charge in [-0.3, -0.25) is 4.79 Å². The molecule has 0 aliphatic carbocycles. The Labute approximate surface area is 169 Å². The molecule has 0 saturated heterocycles. The number of carbonyl (C=O) groups excluding carboxylic acids is 2. The molecule has 146 valence electrons. The lowest BCUT2D eigenvalue weighted by molar-refractivity contribution is 0.0526. The van der Waals surface area contributed by atoms with Crippen molar-refractivity contribution in [3.8, 4) is 0 Å². The van der Waals surface area contributed by atoms with E-state index in [4.69, 9.17) is 4.74 Å². The van der Waals surface area contributed by atoms with Crippen molar-refractivity contribution in [3.05, 3.63) is 64.2 Å². The van der Waals surface area contributed by atoms with E-state index in [0.717, 1.165) is 16.0 Å². The number of hydrogen-bond acceptors (Lipinski definition) is 5. The number of hydrogen-bond donors (Lipinski definition) is 0. The maximum atomic E-state index is 13.9. The Morgan fingerprint density at radius 2 is 2.04 bits per heavy atom. The van der Waals surface area contributed by atoms with Crippen molar-refractivity contribution >= 4 is 45.2 Å². The number of fused-ring (bicyclic) bond motifs is 1. The van der Waals surface area contributed by atoms with E-state index < -0.39 is 17.7 Å². The van der Waals surface area contributed by atoms with Crippen LogP contribution >= 0.6 is 23.1 Å². The van der Waals surface area contributed by atoms with Crippen LogP contribution in [-0.2, 0) is 11.3 Å². The largest absolute Gasteiger partial charge is 0.462 e. The molecule has 3 aromatic rings.